The predicted octanol–water partition coefficient (Wildman–Crippen LogP) is 3.19. The Labute approximate surface area is 190 Å². The molecule has 1 aliphatic rings. The molecule has 168 valence electrons. The number of halogens is 1. The maximum atomic E-state index is 13.7. The molecule has 33 heavy (non-hydrogen) atoms. The summed E-state index contributed by atoms with van der Waals surface area (Å²) < 4.78 is 15.2. The first-order valence-corrected chi connectivity index (χ1v) is 11.1. The summed E-state index contributed by atoms with van der Waals surface area (Å²) in [6.45, 7) is 4.52. The van der Waals surface area contributed by atoms with Crippen LogP contribution in [0, 0.1) is 5.82 Å². The zero-order valence-electron chi connectivity index (χ0n) is 18.3. The molecule has 0 saturated carbocycles. The van der Waals surface area contributed by atoms with Gasteiger partial charge in [-0.1, -0.05) is 48.5 Å². The van der Waals surface area contributed by atoms with Crippen LogP contribution in [0.5, 0.6) is 0 Å². The minimum absolute atomic E-state index is 0.130. The third-order valence-electron chi connectivity index (χ3n) is 6.07. The summed E-state index contributed by atoms with van der Waals surface area (Å²) in [6.07, 6.45) is 2.23. The first-order chi connectivity index (χ1) is 16.2. The number of piperazine rings is 1. The van der Waals surface area contributed by atoms with Crippen molar-refractivity contribution in [1.82, 2.24) is 29.9 Å². The van der Waals surface area contributed by atoms with E-state index in [0.29, 0.717) is 48.8 Å². The molecule has 0 unspecified atom stereocenters. The number of rotatable bonds is 5. The molecule has 0 aliphatic carbocycles. The van der Waals surface area contributed by atoms with E-state index < -0.39 is 0 Å². The van der Waals surface area contributed by atoms with E-state index in [1.807, 2.05) is 42.2 Å². The highest BCUT2D eigenvalue weighted by Gasteiger charge is 2.29. The lowest BCUT2D eigenvalue weighted by molar-refractivity contribution is -0.133. The van der Waals surface area contributed by atoms with Gasteiger partial charge in [0, 0.05) is 26.2 Å². The van der Waals surface area contributed by atoms with E-state index in [4.69, 9.17) is 0 Å². The van der Waals surface area contributed by atoms with Crippen molar-refractivity contribution in [2.75, 3.05) is 31.1 Å². The summed E-state index contributed by atoms with van der Waals surface area (Å²) in [5, 5.41) is 8.46. The number of benzene rings is 2. The summed E-state index contributed by atoms with van der Waals surface area (Å²) in [5.74, 6) is 0.347. The molecule has 1 fully saturated rings. The topological polar surface area (TPSA) is 80.0 Å². The van der Waals surface area contributed by atoms with Crippen LogP contribution < -0.4 is 4.90 Å². The zero-order chi connectivity index (χ0) is 22.8. The summed E-state index contributed by atoms with van der Waals surface area (Å²) in [5.41, 5.74) is 2.67. The van der Waals surface area contributed by atoms with Gasteiger partial charge >= 0.3 is 0 Å². The van der Waals surface area contributed by atoms with Crippen molar-refractivity contribution in [3.8, 4) is 5.69 Å². The minimum atomic E-state index is -0.355. The predicted molar refractivity (Wildman–Crippen MR) is 123 cm³/mol. The summed E-state index contributed by atoms with van der Waals surface area (Å²) in [4.78, 5) is 26.0. The number of hydrogen-bond acceptors (Lipinski definition) is 6. The fourth-order valence-electron chi connectivity index (χ4n) is 4.35. The van der Waals surface area contributed by atoms with Gasteiger partial charge in [0.25, 0.3) is 0 Å². The van der Waals surface area contributed by atoms with Crippen molar-refractivity contribution < 1.29 is 9.18 Å². The van der Waals surface area contributed by atoms with Crippen LogP contribution in [0.15, 0.2) is 60.9 Å². The average molecular weight is 446 g/mol. The van der Waals surface area contributed by atoms with Crippen molar-refractivity contribution in [1.29, 1.82) is 0 Å². The largest absolute Gasteiger partial charge is 0.351 e. The van der Waals surface area contributed by atoms with Crippen LogP contribution >= 0.6 is 0 Å². The molecule has 8 nitrogen and oxygen atoms in total. The molecule has 2 aromatic heterocycles. The van der Waals surface area contributed by atoms with Crippen LogP contribution in [-0.2, 0) is 4.79 Å². The molecule has 3 heterocycles. The van der Waals surface area contributed by atoms with E-state index in [-0.39, 0.29) is 17.6 Å². The van der Waals surface area contributed by atoms with Crippen LogP contribution in [0.1, 0.15) is 24.8 Å². The van der Waals surface area contributed by atoms with Gasteiger partial charge in [-0.25, -0.2) is 14.4 Å². The smallest absolute Gasteiger partial charge is 0.230 e. The van der Waals surface area contributed by atoms with Gasteiger partial charge in [-0.3, -0.25) is 4.79 Å². The van der Waals surface area contributed by atoms with Crippen molar-refractivity contribution in [2.24, 2.45) is 0 Å². The third-order valence-corrected chi connectivity index (χ3v) is 6.07. The van der Waals surface area contributed by atoms with E-state index in [1.165, 1.54) is 23.1 Å². The van der Waals surface area contributed by atoms with Crippen LogP contribution in [-0.4, -0.2) is 61.9 Å². The molecular formula is C24H24FN7O. The molecule has 1 amide bonds. The van der Waals surface area contributed by atoms with Crippen LogP contribution in [0.4, 0.5) is 10.2 Å². The Balaban J connectivity index is 1.34. The molecule has 2 aromatic carbocycles. The molecule has 0 N–H and O–H groups in total. The molecule has 1 aliphatic heterocycles. The Kier molecular flexibility index (Phi) is 5.68. The molecule has 1 saturated heterocycles. The number of hydrogen-bond donors (Lipinski definition) is 0. The van der Waals surface area contributed by atoms with Gasteiger partial charge < -0.3 is 9.80 Å². The summed E-state index contributed by atoms with van der Waals surface area (Å²) in [7, 11) is 0. The summed E-state index contributed by atoms with van der Waals surface area (Å²) >= 11 is 0. The quantitative estimate of drug-likeness (QED) is 0.469. The van der Waals surface area contributed by atoms with Gasteiger partial charge in [-0.15, -0.1) is 5.10 Å². The molecule has 0 bridgehead atoms. The van der Waals surface area contributed by atoms with E-state index in [1.54, 1.807) is 12.1 Å². The van der Waals surface area contributed by atoms with Crippen LogP contribution in [0.25, 0.3) is 16.9 Å². The van der Waals surface area contributed by atoms with Crippen LogP contribution in [0.2, 0.25) is 0 Å². The maximum Gasteiger partial charge on any atom is 0.230 e. The van der Waals surface area contributed by atoms with E-state index in [9.17, 15) is 9.18 Å². The number of carbonyl (C=O) groups excluding carboxylic acids is 1. The lowest BCUT2D eigenvalue weighted by Gasteiger charge is -2.37. The van der Waals surface area contributed by atoms with Crippen LogP contribution in [0.3, 0.4) is 0 Å². The van der Waals surface area contributed by atoms with Gasteiger partial charge in [0.1, 0.15) is 12.1 Å². The fraction of sp³-hybridized carbons (Fsp3) is 0.292. The Bertz CT molecular complexity index is 1270. The Morgan fingerprint density at radius 2 is 1.82 bits per heavy atom. The highest BCUT2D eigenvalue weighted by molar-refractivity contribution is 5.85. The number of nitrogens with zero attached hydrogens (tertiary/aromatic N) is 7. The molecule has 0 radical (unpaired) electrons. The lowest BCUT2D eigenvalue weighted by Crippen LogP contribution is -2.50. The second kappa shape index (κ2) is 8.93. The maximum absolute atomic E-state index is 13.7. The summed E-state index contributed by atoms with van der Waals surface area (Å²) in [6, 6.07) is 16.1. The monoisotopic (exact) mass is 445 g/mol. The lowest BCUT2D eigenvalue weighted by atomic mass is 9.95. The molecular weight excluding hydrogens is 421 g/mol. The second-order valence-electron chi connectivity index (χ2n) is 8.03. The van der Waals surface area contributed by atoms with E-state index >= 15 is 0 Å². The minimum Gasteiger partial charge on any atom is -0.351 e. The zero-order valence-corrected chi connectivity index (χ0v) is 18.3. The number of amides is 1. The third kappa shape index (κ3) is 4.02. The van der Waals surface area contributed by atoms with Gasteiger partial charge in [-0.05, 0) is 30.2 Å². The average Bonchev–Trinajstić information content (AvgIpc) is 3.30. The fourth-order valence-corrected chi connectivity index (χ4v) is 4.35. The van der Waals surface area contributed by atoms with E-state index in [0.717, 1.165) is 12.0 Å². The SMILES string of the molecule is CC[C@@H](C(=O)N1CCN(c2ncnc3c2nnn3-c2cccc(F)c2)CC1)c1ccccc1. The van der Waals surface area contributed by atoms with Crippen molar-refractivity contribution >= 4 is 22.9 Å². The molecule has 1 atom stereocenters. The van der Waals surface area contributed by atoms with Gasteiger partial charge in [0.05, 0.1) is 11.6 Å². The van der Waals surface area contributed by atoms with Crippen molar-refractivity contribution in [2.45, 2.75) is 19.3 Å². The standard InChI is InChI=1S/C24H24FN7O/c1-2-20(17-7-4-3-5-8-17)24(33)31-13-11-30(12-14-31)22-21-23(27-16-26-22)32(29-28-21)19-10-6-9-18(25)15-19/h3-10,15-16,20H,2,11-14H2,1H3/t20-/m1/s1. The molecule has 9 heteroatoms. The normalized spacial score (nSPS) is 15.1. The van der Waals surface area contributed by atoms with Gasteiger partial charge in [0.2, 0.25) is 5.91 Å². The highest BCUT2D eigenvalue weighted by Crippen LogP contribution is 2.26. The highest BCUT2D eigenvalue weighted by atomic mass is 19.1. The molecule has 0 spiro atoms. The second-order valence-corrected chi connectivity index (χ2v) is 8.03. The van der Waals surface area contributed by atoms with Gasteiger partial charge in [-0.2, -0.15) is 4.68 Å². The molecule has 5 rings (SSSR count). The van der Waals surface area contributed by atoms with Gasteiger partial charge in [0.15, 0.2) is 17.0 Å². The van der Waals surface area contributed by atoms with Crippen molar-refractivity contribution in [3.63, 3.8) is 0 Å². The number of aromatic nitrogens is 5. The number of carbonyl (C=O) groups is 1. The Morgan fingerprint density at radius 1 is 1.03 bits per heavy atom. The number of fused-ring (bicyclic) bond motifs is 1. The number of anilines is 1. The first-order valence-electron chi connectivity index (χ1n) is 11.1. The Hall–Kier alpha value is -3.88. The molecule has 4 aromatic rings. The first kappa shape index (κ1) is 21.0. The van der Waals surface area contributed by atoms with E-state index in [2.05, 4.69) is 25.2 Å². The van der Waals surface area contributed by atoms with Crippen molar-refractivity contribution in [3.05, 3.63) is 72.3 Å². The Morgan fingerprint density at radius 3 is 2.55 bits per heavy atom.